The Balaban J connectivity index is 1.68. The third-order valence-corrected chi connectivity index (χ3v) is 3.87. The van der Waals surface area contributed by atoms with Gasteiger partial charge in [0, 0.05) is 18.8 Å². The van der Waals surface area contributed by atoms with Gasteiger partial charge in [-0.2, -0.15) is 4.98 Å². The molecule has 2 N–H and O–H groups in total. The van der Waals surface area contributed by atoms with Crippen molar-refractivity contribution < 1.29 is 14.4 Å². The molecule has 1 aliphatic rings. The molecule has 0 aromatic carbocycles. The Bertz CT molecular complexity index is 459. The van der Waals surface area contributed by atoms with E-state index >= 15 is 0 Å². The Kier molecular flexibility index (Phi) is 5.73. The van der Waals surface area contributed by atoms with E-state index in [-0.39, 0.29) is 17.9 Å². The molecule has 0 bridgehead atoms. The van der Waals surface area contributed by atoms with E-state index in [0.717, 1.165) is 25.7 Å². The number of nitrogens with zero attached hydrogens (tertiary/aromatic N) is 2. The summed E-state index contributed by atoms with van der Waals surface area (Å²) >= 11 is 0. The van der Waals surface area contributed by atoms with Crippen molar-refractivity contribution >= 4 is 5.91 Å². The summed E-state index contributed by atoms with van der Waals surface area (Å²) in [5.74, 6) is 1.53. The van der Waals surface area contributed by atoms with Gasteiger partial charge in [-0.15, -0.1) is 0 Å². The first-order chi connectivity index (χ1) is 10.1. The topological polar surface area (TPSA) is 88.2 Å². The van der Waals surface area contributed by atoms with Gasteiger partial charge in [0.05, 0.1) is 12.1 Å². The summed E-state index contributed by atoms with van der Waals surface area (Å²) in [7, 11) is 0. The number of carbonyl (C=O) groups excluding carboxylic acids is 1. The van der Waals surface area contributed by atoms with Crippen molar-refractivity contribution in [3.05, 3.63) is 11.7 Å². The lowest BCUT2D eigenvalue weighted by Crippen LogP contribution is -2.45. The number of hydrogen-bond acceptors (Lipinski definition) is 5. The average molecular weight is 295 g/mol. The van der Waals surface area contributed by atoms with E-state index in [4.69, 9.17) is 4.52 Å². The highest BCUT2D eigenvalue weighted by Crippen LogP contribution is 2.18. The third-order valence-electron chi connectivity index (χ3n) is 3.87. The number of carbonyl (C=O) groups is 1. The van der Waals surface area contributed by atoms with Crippen LogP contribution in [0.15, 0.2) is 4.52 Å². The number of aliphatic hydroxyl groups excluding tert-OH is 1. The largest absolute Gasteiger partial charge is 0.391 e. The van der Waals surface area contributed by atoms with Gasteiger partial charge in [-0.3, -0.25) is 4.79 Å². The molecule has 0 aliphatic heterocycles. The zero-order chi connectivity index (χ0) is 15.2. The molecule has 1 heterocycles. The van der Waals surface area contributed by atoms with Crippen LogP contribution in [0.3, 0.4) is 0 Å². The van der Waals surface area contributed by atoms with Gasteiger partial charge in [0.1, 0.15) is 0 Å². The van der Waals surface area contributed by atoms with Crippen molar-refractivity contribution in [1.29, 1.82) is 0 Å². The maximum atomic E-state index is 11.9. The fourth-order valence-corrected chi connectivity index (χ4v) is 2.56. The predicted molar refractivity (Wildman–Crippen MR) is 77.7 cm³/mol. The van der Waals surface area contributed by atoms with Gasteiger partial charge in [0.25, 0.3) is 0 Å². The highest BCUT2D eigenvalue weighted by molar-refractivity contribution is 5.76. The van der Waals surface area contributed by atoms with Crippen LogP contribution >= 0.6 is 0 Å². The van der Waals surface area contributed by atoms with E-state index in [1.807, 2.05) is 13.8 Å². The first-order valence-corrected chi connectivity index (χ1v) is 7.86. The van der Waals surface area contributed by atoms with E-state index in [2.05, 4.69) is 15.5 Å². The molecular formula is C15H25N3O3. The molecule has 0 saturated heterocycles. The summed E-state index contributed by atoms with van der Waals surface area (Å²) in [5, 5.41) is 16.6. The Morgan fingerprint density at radius 3 is 2.86 bits per heavy atom. The number of aliphatic hydroxyl groups is 1. The molecule has 2 rings (SSSR count). The predicted octanol–water partition coefficient (Wildman–Crippen LogP) is 1.94. The number of nitrogens with one attached hydrogen (secondary N) is 1. The molecule has 1 fully saturated rings. The minimum atomic E-state index is -0.396. The lowest BCUT2D eigenvalue weighted by atomic mass is 9.92. The average Bonchev–Trinajstić information content (AvgIpc) is 2.90. The third kappa shape index (κ3) is 4.81. The van der Waals surface area contributed by atoms with Crippen LogP contribution in [0, 0.1) is 0 Å². The molecule has 1 saturated carbocycles. The van der Waals surface area contributed by atoms with Crippen LogP contribution in [0.25, 0.3) is 0 Å². The molecule has 118 valence electrons. The molecule has 0 spiro atoms. The molecule has 0 radical (unpaired) electrons. The van der Waals surface area contributed by atoms with Crippen LogP contribution in [0.4, 0.5) is 0 Å². The van der Waals surface area contributed by atoms with Crippen LogP contribution < -0.4 is 5.32 Å². The first kappa shape index (κ1) is 15.9. The van der Waals surface area contributed by atoms with Crippen LogP contribution in [-0.4, -0.2) is 33.3 Å². The first-order valence-electron chi connectivity index (χ1n) is 7.86. The van der Waals surface area contributed by atoms with Crippen LogP contribution in [-0.2, 0) is 11.2 Å². The van der Waals surface area contributed by atoms with E-state index in [9.17, 15) is 9.90 Å². The number of hydrogen-bond donors (Lipinski definition) is 2. The molecule has 6 nitrogen and oxygen atoms in total. The van der Waals surface area contributed by atoms with Crippen molar-refractivity contribution in [1.82, 2.24) is 15.5 Å². The molecule has 21 heavy (non-hydrogen) atoms. The SMILES string of the molecule is CC(C)c1noc(CCCC(=O)NC2CCCCC2O)n1. The van der Waals surface area contributed by atoms with E-state index in [1.165, 1.54) is 0 Å². The van der Waals surface area contributed by atoms with E-state index < -0.39 is 6.10 Å². The monoisotopic (exact) mass is 295 g/mol. The number of amides is 1. The minimum Gasteiger partial charge on any atom is -0.391 e. The Labute approximate surface area is 125 Å². The zero-order valence-electron chi connectivity index (χ0n) is 12.8. The van der Waals surface area contributed by atoms with Gasteiger partial charge in [-0.25, -0.2) is 0 Å². The second-order valence-corrected chi connectivity index (χ2v) is 6.08. The quantitative estimate of drug-likeness (QED) is 0.837. The van der Waals surface area contributed by atoms with Crippen molar-refractivity contribution in [3.8, 4) is 0 Å². The normalized spacial score (nSPS) is 22.5. The number of aromatic nitrogens is 2. The maximum absolute atomic E-state index is 11.9. The van der Waals surface area contributed by atoms with Gasteiger partial charge >= 0.3 is 0 Å². The van der Waals surface area contributed by atoms with Crippen molar-refractivity contribution in [2.24, 2.45) is 0 Å². The maximum Gasteiger partial charge on any atom is 0.226 e. The molecule has 6 heteroatoms. The summed E-state index contributed by atoms with van der Waals surface area (Å²) in [6.45, 7) is 4.02. The summed E-state index contributed by atoms with van der Waals surface area (Å²) in [5.41, 5.74) is 0. The Hall–Kier alpha value is -1.43. The van der Waals surface area contributed by atoms with E-state index in [0.29, 0.717) is 31.0 Å². The van der Waals surface area contributed by atoms with Gasteiger partial charge in [0.15, 0.2) is 5.82 Å². The molecule has 1 aromatic heterocycles. The minimum absolute atomic E-state index is 0.00968. The smallest absolute Gasteiger partial charge is 0.226 e. The molecular weight excluding hydrogens is 270 g/mol. The van der Waals surface area contributed by atoms with Crippen molar-refractivity contribution in [2.75, 3.05) is 0 Å². The fraction of sp³-hybridized carbons (Fsp3) is 0.800. The van der Waals surface area contributed by atoms with Crippen LogP contribution in [0.1, 0.15) is 70.0 Å². The second-order valence-electron chi connectivity index (χ2n) is 6.08. The van der Waals surface area contributed by atoms with E-state index in [1.54, 1.807) is 0 Å². The number of aryl methyl sites for hydroxylation is 1. The molecule has 2 unspecified atom stereocenters. The highest BCUT2D eigenvalue weighted by Gasteiger charge is 2.24. The summed E-state index contributed by atoms with van der Waals surface area (Å²) in [6, 6.07) is -0.0813. The fourth-order valence-electron chi connectivity index (χ4n) is 2.56. The van der Waals surface area contributed by atoms with Crippen LogP contribution in [0.2, 0.25) is 0 Å². The van der Waals surface area contributed by atoms with Crippen molar-refractivity contribution in [2.45, 2.75) is 76.9 Å². The lowest BCUT2D eigenvalue weighted by Gasteiger charge is -2.28. The molecule has 1 aliphatic carbocycles. The standard InChI is InChI=1S/C15H25N3O3/c1-10(2)15-17-14(21-18-15)9-5-8-13(20)16-11-6-3-4-7-12(11)19/h10-12,19H,3-9H2,1-2H3,(H,16,20). The summed E-state index contributed by atoms with van der Waals surface area (Å²) in [4.78, 5) is 16.2. The molecule has 1 amide bonds. The van der Waals surface area contributed by atoms with Crippen LogP contribution in [0.5, 0.6) is 0 Å². The van der Waals surface area contributed by atoms with Gasteiger partial charge in [0.2, 0.25) is 11.8 Å². The van der Waals surface area contributed by atoms with Gasteiger partial charge in [-0.1, -0.05) is 31.8 Å². The van der Waals surface area contributed by atoms with Gasteiger partial charge in [-0.05, 0) is 19.3 Å². The molecule has 1 aromatic rings. The lowest BCUT2D eigenvalue weighted by molar-refractivity contribution is -0.123. The Morgan fingerprint density at radius 1 is 1.43 bits per heavy atom. The Morgan fingerprint density at radius 2 is 2.19 bits per heavy atom. The highest BCUT2D eigenvalue weighted by atomic mass is 16.5. The summed E-state index contributed by atoms with van der Waals surface area (Å²) < 4.78 is 5.14. The number of rotatable bonds is 6. The second kappa shape index (κ2) is 7.54. The van der Waals surface area contributed by atoms with Gasteiger partial charge < -0.3 is 14.9 Å². The summed E-state index contributed by atoms with van der Waals surface area (Å²) in [6.07, 6.45) is 5.08. The zero-order valence-corrected chi connectivity index (χ0v) is 12.8. The molecule has 2 atom stereocenters. The van der Waals surface area contributed by atoms with Crippen molar-refractivity contribution in [3.63, 3.8) is 0 Å².